The van der Waals surface area contributed by atoms with Gasteiger partial charge in [-0.05, 0) is 43.7 Å². The van der Waals surface area contributed by atoms with Crippen molar-refractivity contribution >= 4 is 32.8 Å². The molecule has 10 heteroatoms. The van der Waals surface area contributed by atoms with E-state index in [1.165, 1.54) is 23.9 Å². The molecule has 164 valence electrons. The van der Waals surface area contributed by atoms with E-state index in [2.05, 4.69) is 27.6 Å². The minimum atomic E-state index is -3.81. The first-order chi connectivity index (χ1) is 15.3. The monoisotopic (exact) mass is 466 g/mol. The lowest BCUT2D eigenvalue weighted by molar-refractivity contribution is 0.598. The second-order valence-corrected chi connectivity index (χ2v) is 9.80. The van der Waals surface area contributed by atoms with Gasteiger partial charge in [-0.25, -0.2) is 23.2 Å². The van der Waals surface area contributed by atoms with Crippen LogP contribution in [0.3, 0.4) is 0 Å². The number of imidazole rings is 1. The van der Waals surface area contributed by atoms with Crippen LogP contribution in [0.2, 0.25) is 0 Å². The third-order valence-corrected chi connectivity index (χ3v) is 6.97. The van der Waals surface area contributed by atoms with Crippen LogP contribution in [0.4, 0.5) is 0 Å². The quantitative estimate of drug-likeness (QED) is 0.414. The summed E-state index contributed by atoms with van der Waals surface area (Å²) < 4.78 is 27.4. The van der Waals surface area contributed by atoms with Gasteiger partial charge in [-0.15, -0.1) is 0 Å². The number of aryl methyl sites for hydroxylation is 2. The van der Waals surface area contributed by atoms with E-state index < -0.39 is 10.0 Å². The molecule has 0 atom stereocenters. The van der Waals surface area contributed by atoms with E-state index in [1.54, 1.807) is 10.7 Å². The minimum absolute atomic E-state index is 0.0345. The molecule has 0 aliphatic carbocycles. The van der Waals surface area contributed by atoms with E-state index >= 15 is 0 Å². The van der Waals surface area contributed by atoms with Crippen LogP contribution in [0.1, 0.15) is 30.3 Å². The number of hydrogen-bond acceptors (Lipinski definition) is 6. The summed E-state index contributed by atoms with van der Waals surface area (Å²) in [6.45, 7) is 4.63. The number of hydrogen-bond donors (Lipinski definition) is 1. The van der Waals surface area contributed by atoms with E-state index in [-0.39, 0.29) is 4.90 Å². The van der Waals surface area contributed by atoms with Crippen molar-refractivity contribution in [1.82, 2.24) is 19.3 Å². The molecule has 0 saturated carbocycles. The van der Waals surface area contributed by atoms with Crippen molar-refractivity contribution in [3.8, 4) is 11.8 Å². The van der Waals surface area contributed by atoms with E-state index in [4.69, 9.17) is 5.14 Å². The molecule has 0 unspecified atom stereocenters. The van der Waals surface area contributed by atoms with Crippen LogP contribution in [-0.2, 0) is 22.3 Å². The summed E-state index contributed by atoms with van der Waals surface area (Å²) >= 11 is 1.49. The fraction of sp³-hybridized carbons (Fsp3) is 0.227. The lowest BCUT2D eigenvalue weighted by Crippen LogP contribution is -2.11. The predicted molar refractivity (Wildman–Crippen MR) is 124 cm³/mol. The third kappa shape index (κ3) is 4.14. The summed E-state index contributed by atoms with van der Waals surface area (Å²) in [6.07, 6.45) is 0.889. The Morgan fingerprint density at radius 1 is 1.19 bits per heavy atom. The maximum absolute atomic E-state index is 11.7. The van der Waals surface area contributed by atoms with Gasteiger partial charge in [0.1, 0.15) is 6.07 Å². The van der Waals surface area contributed by atoms with Crippen molar-refractivity contribution < 1.29 is 8.42 Å². The zero-order valence-corrected chi connectivity index (χ0v) is 19.3. The first-order valence-electron chi connectivity index (χ1n) is 10.0. The Morgan fingerprint density at radius 2 is 1.94 bits per heavy atom. The molecule has 0 spiro atoms. The number of nitriles is 1. The number of nitrogens with zero attached hydrogens (tertiary/aromatic N) is 5. The molecule has 0 saturated heterocycles. The molecule has 0 radical (unpaired) electrons. The van der Waals surface area contributed by atoms with Gasteiger partial charge in [0.15, 0.2) is 5.16 Å². The van der Waals surface area contributed by atoms with Crippen molar-refractivity contribution in [1.29, 1.82) is 5.26 Å². The van der Waals surface area contributed by atoms with Gasteiger partial charge in [0, 0.05) is 12.3 Å². The SMILES string of the molecule is CCCn1c(SCc2c(C#N)c(C)nn2-c2ccccc2)nc2cc(S(N)(=O)=O)ccc21. The number of thioether (sulfide) groups is 1. The van der Waals surface area contributed by atoms with Crippen LogP contribution >= 0.6 is 11.8 Å². The van der Waals surface area contributed by atoms with Crippen molar-refractivity contribution in [2.24, 2.45) is 5.14 Å². The highest BCUT2D eigenvalue weighted by molar-refractivity contribution is 7.98. The molecule has 2 heterocycles. The van der Waals surface area contributed by atoms with Crippen LogP contribution < -0.4 is 5.14 Å². The molecule has 0 fully saturated rings. The maximum Gasteiger partial charge on any atom is 0.238 e. The summed E-state index contributed by atoms with van der Waals surface area (Å²) in [4.78, 5) is 4.71. The van der Waals surface area contributed by atoms with Crippen LogP contribution in [0, 0.1) is 18.3 Å². The molecule has 2 aromatic heterocycles. The first kappa shape index (κ1) is 22.1. The van der Waals surface area contributed by atoms with Crippen molar-refractivity contribution in [3.63, 3.8) is 0 Å². The molecule has 0 aliphatic heterocycles. The largest absolute Gasteiger partial charge is 0.319 e. The van der Waals surface area contributed by atoms with Gasteiger partial charge in [0.2, 0.25) is 10.0 Å². The Labute approximate surface area is 190 Å². The zero-order chi connectivity index (χ0) is 22.9. The van der Waals surface area contributed by atoms with E-state index in [9.17, 15) is 13.7 Å². The number of sulfonamides is 1. The molecule has 2 N–H and O–H groups in total. The highest BCUT2D eigenvalue weighted by Crippen LogP contribution is 2.30. The van der Waals surface area contributed by atoms with Crippen LogP contribution in [0.5, 0.6) is 0 Å². The number of aromatic nitrogens is 4. The number of nitrogens with two attached hydrogens (primary N) is 1. The number of primary sulfonamides is 1. The van der Waals surface area contributed by atoms with Gasteiger partial charge in [-0.3, -0.25) is 0 Å². The molecular formula is C22H22N6O2S2. The lowest BCUT2D eigenvalue weighted by atomic mass is 10.2. The van der Waals surface area contributed by atoms with E-state index in [0.717, 1.165) is 35.0 Å². The summed E-state index contributed by atoms with van der Waals surface area (Å²) in [7, 11) is -3.81. The van der Waals surface area contributed by atoms with Crippen LogP contribution in [-0.4, -0.2) is 27.7 Å². The number of para-hydroxylation sites is 1. The number of fused-ring (bicyclic) bond motifs is 1. The van der Waals surface area contributed by atoms with Crippen molar-refractivity contribution in [2.75, 3.05) is 0 Å². The van der Waals surface area contributed by atoms with Gasteiger partial charge >= 0.3 is 0 Å². The Bertz CT molecular complexity index is 1430. The summed E-state index contributed by atoms with van der Waals surface area (Å²) in [6, 6.07) is 16.7. The minimum Gasteiger partial charge on any atom is -0.319 e. The highest BCUT2D eigenvalue weighted by atomic mass is 32.2. The average Bonchev–Trinajstić information content (AvgIpc) is 3.28. The summed E-state index contributed by atoms with van der Waals surface area (Å²) in [5.41, 5.74) is 4.31. The first-order valence-corrected chi connectivity index (χ1v) is 12.6. The second kappa shape index (κ2) is 8.78. The molecule has 2 aromatic carbocycles. The Morgan fingerprint density at radius 3 is 2.59 bits per heavy atom. The van der Waals surface area contributed by atoms with Gasteiger partial charge in [0.25, 0.3) is 0 Å². The highest BCUT2D eigenvalue weighted by Gasteiger charge is 2.19. The topological polar surface area (TPSA) is 120 Å². The van der Waals surface area contributed by atoms with Gasteiger partial charge in [-0.1, -0.05) is 36.9 Å². The zero-order valence-electron chi connectivity index (χ0n) is 17.7. The standard InChI is InChI=1S/C22H22N6O2S2/c1-3-11-27-20-10-9-17(32(24,29)30)12-19(20)25-22(27)31-14-21-18(13-23)15(2)26-28(21)16-7-5-4-6-8-16/h4-10,12H,3,11,14H2,1-2H3,(H2,24,29,30). The summed E-state index contributed by atoms with van der Waals surface area (Å²) in [5, 5.41) is 20.3. The van der Waals surface area contributed by atoms with Crippen molar-refractivity contribution in [2.45, 2.75) is 42.6 Å². The van der Waals surface area contributed by atoms with Gasteiger partial charge in [-0.2, -0.15) is 10.4 Å². The smallest absolute Gasteiger partial charge is 0.238 e. The van der Waals surface area contributed by atoms with Gasteiger partial charge < -0.3 is 4.57 Å². The maximum atomic E-state index is 11.7. The van der Waals surface area contributed by atoms with Crippen molar-refractivity contribution in [3.05, 3.63) is 65.5 Å². The molecule has 4 aromatic rings. The number of benzene rings is 2. The third-order valence-electron chi connectivity index (χ3n) is 5.07. The second-order valence-electron chi connectivity index (χ2n) is 7.30. The molecule has 4 rings (SSSR count). The molecular weight excluding hydrogens is 444 g/mol. The summed E-state index contributed by atoms with van der Waals surface area (Å²) in [5.74, 6) is 0.480. The fourth-order valence-electron chi connectivity index (χ4n) is 3.58. The Hall–Kier alpha value is -3.13. The molecule has 0 aliphatic rings. The van der Waals surface area contributed by atoms with Gasteiger partial charge in [0.05, 0.1) is 38.6 Å². The molecule has 0 amide bonds. The van der Waals surface area contributed by atoms with E-state index in [1.807, 2.05) is 37.3 Å². The van der Waals surface area contributed by atoms with E-state index in [0.29, 0.717) is 22.5 Å². The lowest BCUT2D eigenvalue weighted by Gasteiger charge is -2.09. The Balaban J connectivity index is 1.75. The predicted octanol–water partition coefficient (Wildman–Crippen LogP) is 3.75. The number of rotatable bonds is 7. The molecule has 0 bridgehead atoms. The average molecular weight is 467 g/mol. The fourth-order valence-corrected chi connectivity index (χ4v) is 5.16. The van der Waals surface area contributed by atoms with Crippen LogP contribution in [0.25, 0.3) is 16.7 Å². The Kier molecular flexibility index (Phi) is 6.06. The normalized spacial score (nSPS) is 11.7. The molecule has 32 heavy (non-hydrogen) atoms. The molecule has 8 nitrogen and oxygen atoms in total. The van der Waals surface area contributed by atoms with Crippen LogP contribution in [0.15, 0.2) is 58.6 Å².